The molecule has 1 aromatic carbocycles. The second-order valence-corrected chi connectivity index (χ2v) is 11.3. The molecule has 188 valence electrons. The molecular weight excluding hydrogens is 496 g/mol. The van der Waals surface area contributed by atoms with E-state index >= 15 is 0 Å². The van der Waals surface area contributed by atoms with E-state index in [0.717, 1.165) is 51.6 Å². The lowest BCUT2D eigenvalue weighted by atomic mass is 10.1. The smallest absolute Gasteiger partial charge is 0.229 e. The summed E-state index contributed by atoms with van der Waals surface area (Å²) < 4.78 is 30.3. The van der Waals surface area contributed by atoms with Crippen LogP contribution < -0.4 is 10.1 Å². The van der Waals surface area contributed by atoms with Gasteiger partial charge in [-0.15, -0.1) is 11.3 Å². The van der Waals surface area contributed by atoms with Crippen LogP contribution in [0.5, 0.6) is 5.75 Å². The van der Waals surface area contributed by atoms with Crippen LogP contribution in [-0.2, 0) is 23.9 Å². The van der Waals surface area contributed by atoms with Crippen LogP contribution in [0.4, 0.5) is 11.6 Å². The topological polar surface area (TPSA) is 103 Å². The molecule has 2 N–H and O–H groups in total. The normalized spacial score (nSPS) is 16.6. The van der Waals surface area contributed by atoms with Gasteiger partial charge in [-0.1, -0.05) is 0 Å². The summed E-state index contributed by atoms with van der Waals surface area (Å²) in [6.45, 7) is 4.95. The Morgan fingerprint density at radius 1 is 1.08 bits per heavy atom. The van der Waals surface area contributed by atoms with E-state index in [1.54, 1.807) is 11.3 Å². The fourth-order valence-corrected chi connectivity index (χ4v) is 6.52. The summed E-state index contributed by atoms with van der Waals surface area (Å²) in [6, 6.07) is 11.9. The largest absolute Gasteiger partial charge is 0.492 e. The van der Waals surface area contributed by atoms with Crippen molar-refractivity contribution in [3.05, 3.63) is 53.0 Å². The van der Waals surface area contributed by atoms with Crippen molar-refractivity contribution in [1.82, 2.24) is 24.2 Å². The minimum Gasteiger partial charge on any atom is -0.492 e. The van der Waals surface area contributed by atoms with Crippen molar-refractivity contribution in [2.45, 2.75) is 25.8 Å². The van der Waals surface area contributed by atoms with Gasteiger partial charge in [-0.05, 0) is 74.3 Å². The van der Waals surface area contributed by atoms with Crippen molar-refractivity contribution in [3.8, 4) is 16.3 Å². The van der Waals surface area contributed by atoms with Gasteiger partial charge in [0, 0.05) is 41.8 Å². The van der Waals surface area contributed by atoms with Gasteiger partial charge in [0.15, 0.2) is 0 Å². The number of ether oxygens (including phenoxy) is 1. The predicted octanol–water partition coefficient (Wildman–Crippen LogP) is 3.79. The summed E-state index contributed by atoms with van der Waals surface area (Å²) >= 11 is 1.68. The number of likely N-dealkylation sites (tertiary alicyclic amines) is 1. The molecule has 2 aliphatic heterocycles. The summed E-state index contributed by atoms with van der Waals surface area (Å²) in [5.41, 5.74) is 3.51. The van der Waals surface area contributed by atoms with Crippen molar-refractivity contribution < 1.29 is 13.2 Å². The molecule has 5 heterocycles. The molecule has 0 radical (unpaired) electrons. The first-order chi connectivity index (χ1) is 17.6. The van der Waals surface area contributed by atoms with Crippen LogP contribution in [0.3, 0.4) is 0 Å². The first-order valence-electron chi connectivity index (χ1n) is 12.2. The number of nitrogens with zero attached hydrogens (tertiary/aromatic N) is 4. The van der Waals surface area contributed by atoms with Crippen LogP contribution in [0.2, 0.25) is 0 Å². The number of aromatic amines is 1. The highest BCUT2D eigenvalue weighted by atomic mass is 32.2. The average Bonchev–Trinajstić information content (AvgIpc) is 3.65. The van der Waals surface area contributed by atoms with Gasteiger partial charge in [-0.2, -0.15) is 9.29 Å². The summed E-state index contributed by atoms with van der Waals surface area (Å²) in [7, 11) is -2.56. The second-order valence-electron chi connectivity index (χ2n) is 9.12. The van der Waals surface area contributed by atoms with Crippen LogP contribution >= 0.6 is 11.3 Å². The lowest BCUT2D eigenvalue weighted by molar-refractivity contribution is 0.238. The third-order valence-corrected chi connectivity index (χ3v) is 8.76. The second kappa shape index (κ2) is 10.2. The average molecular weight is 525 g/mol. The van der Waals surface area contributed by atoms with E-state index in [0.29, 0.717) is 25.6 Å². The molecule has 11 heteroatoms. The van der Waals surface area contributed by atoms with Gasteiger partial charge >= 0.3 is 0 Å². The summed E-state index contributed by atoms with van der Waals surface area (Å²) in [5, 5.41) is 4.26. The Hall–Kier alpha value is -2.99. The molecular formula is C25H28N6O3S2. The number of hydrogen-bond donors (Lipinski definition) is 3. The van der Waals surface area contributed by atoms with Gasteiger partial charge in [0.2, 0.25) is 16.8 Å². The zero-order valence-electron chi connectivity index (χ0n) is 19.8. The van der Waals surface area contributed by atoms with Crippen molar-refractivity contribution in [2.75, 3.05) is 38.1 Å². The third-order valence-electron chi connectivity index (χ3n) is 6.71. The van der Waals surface area contributed by atoms with E-state index < -0.39 is 10.9 Å². The highest BCUT2D eigenvalue weighted by Crippen LogP contribution is 2.37. The van der Waals surface area contributed by atoms with Crippen molar-refractivity contribution in [3.63, 3.8) is 0 Å². The first kappa shape index (κ1) is 23.4. The molecule has 4 aromatic rings. The Kier molecular flexibility index (Phi) is 6.61. The van der Waals surface area contributed by atoms with Crippen LogP contribution in [0, 0.1) is 0 Å². The van der Waals surface area contributed by atoms with Crippen LogP contribution in [0.25, 0.3) is 21.6 Å². The molecule has 0 atom stereocenters. The maximum absolute atomic E-state index is 11.5. The van der Waals surface area contributed by atoms with Crippen molar-refractivity contribution in [2.24, 2.45) is 0 Å². The van der Waals surface area contributed by atoms with Crippen molar-refractivity contribution in [1.29, 1.82) is 0 Å². The number of fused-ring (bicyclic) bond motifs is 2. The highest BCUT2D eigenvalue weighted by molar-refractivity contribution is 7.69. The summed E-state index contributed by atoms with van der Waals surface area (Å²) in [5.74, 6) is 1.34. The van der Waals surface area contributed by atoms with E-state index in [-0.39, 0.29) is 0 Å². The number of hydrogen-bond acceptors (Lipinski definition) is 8. The maximum Gasteiger partial charge on any atom is 0.229 e. The Bertz CT molecular complexity index is 1430. The monoisotopic (exact) mass is 524 g/mol. The molecule has 0 aliphatic carbocycles. The Morgan fingerprint density at radius 2 is 1.92 bits per heavy atom. The van der Waals surface area contributed by atoms with Gasteiger partial charge in [-0.25, -0.2) is 13.4 Å². The summed E-state index contributed by atoms with van der Waals surface area (Å²) in [4.78, 5) is 17.4. The highest BCUT2D eigenvalue weighted by Gasteiger charge is 2.22. The number of H-pyrrole nitrogens is 1. The molecule has 0 bridgehead atoms. The lowest BCUT2D eigenvalue weighted by Gasteiger charge is -2.20. The zero-order chi connectivity index (χ0) is 24.5. The SMILES string of the molecule is O=[SH](=O)N1CCc2sc(-c3nc(Nc4ccc(OCCN5CCCC5)cc4)nc4[nH]ccc34)cc2C1. The van der Waals surface area contributed by atoms with E-state index in [1.807, 2.05) is 36.5 Å². The Labute approximate surface area is 215 Å². The predicted molar refractivity (Wildman–Crippen MR) is 143 cm³/mol. The van der Waals surface area contributed by atoms with Crippen molar-refractivity contribution >= 4 is 44.9 Å². The van der Waals surface area contributed by atoms with Gasteiger partial charge in [0.05, 0.1) is 10.6 Å². The molecule has 9 nitrogen and oxygen atoms in total. The molecule has 0 amide bonds. The number of anilines is 2. The van der Waals surface area contributed by atoms with Gasteiger partial charge < -0.3 is 15.0 Å². The number of thiophene rings is 1. The van der Waals surface area contributed by atoms with Crippen LogP contribution in [0.1, 0.15) is 23.3 Å². The first-order valence-corrected chi connectivity index (χ1v) is 14.2. The standard InChI is InChI=1S/C25H28N6O3S2/c32-36(33)31-12-8-21-17(16-31)15-22(35-21)23-20-7-9-26-24(20)29-25(28-23)27-18-3-5-19(6-4-18)34-14-13-30-10-1-2-11-30/h3-7,9,15,36H,1-2,8,10-14,16H2,(H2,26,27,28,29). The number of thiol groups is 1. The number of aromatic nitrogens is 3. The molecule has 0 unspecified atom stereocenters. The number of benzene rings is 1. The number of nitrogens with one attached hydrogen (secondary N) is 2. The zero-order valence-corrected chi connectivity index (χ0v) is 21.5. The summed E-state index contributed by atoms with van der Waals surface area (Å²) in [6.07, 6.45) is 5.16. The molecule has 6 rings (SSSR count). The van der Waals surface area contributed by atoms with E-state index in [9.17, 15) is 8.42 Å². The third kappa shape index (κ3) is 4.96. The van der Waals surface area contributed by atoms with Gasteiger partial charge in [0.1, 0.15) is 18.0 Å². The van der Waals surface area contributed by atoms with E-state index in [4.69, 9.17) is 9.72 Å². The molecule has 1 saturated heterocycles. The quantitative estimate of drug-likeness (QED) is 0.301. The fourth-order valence-electron chi connectivity index (χ4n) is 4.82. The van der Waals surface area contributed by atoms with E-state index in [2.05, 4.69) is 26.3 Å². The molecule has 3 aromatic heterocycles. The molecule has 2 aliphatic rings. The lowest BCUT2D eigenvalue weighted by Crippen LogP contribution is -2.27. The Morgan fingerprint density at radius 3 is 2.72 bits per heavy atom. The molecule has 0 spiro atoms. The van der Waals surface area contributed by atoms with Gasteiger partial charge in [0.25, 0.3) is 0 Å². The van der Waals surface area contributed by atoms with Crippen LogP contribution in [0.15, 0.2) is 42.6 Å². The minimum atomic E-state index is -2.56. The number of rotatable bonds is 8. The molecule has 36 heavy (non-hydrogen) atoms. The maximum atomic E-state index is 11.5. The van der Waals surface area contributed by atoms with E-state index in [1.165, 1.54) is 35.1 Å². The fraction of sp³-hybridized carbons (Fsp3) is 0.360. The minimum absolute atomic E-state index is 0.420. The van der Waals surface area contributed by atoms with Gasteiger partial charge in [-0.3, -0.25) is 4.90 Å². The Balaban J connectivity index is 1.19. The molecule has 0 saturated carbocycles. The van der Waals surface area contributed by atoms with Crippen LogP contribution in [-0.4, -0.2) is 65.4 Å². The molecule has 1 fully saturated rings.